The van der Waals surface area contributed by atoms with Gasteiger partial charge in [-0.1, -0.05) is 44.2 Å². The number of rotatable bonds is 4. The maximum atomic E-state index is 5.70. The largest absolute Gasteiger partial charge is 0.468 e. The highest BCUT2D eigenvalue weighted by Crippen LogP contribution is 2.38. The summed E-state index contributed by atoms with van der Waals surface area (Å²) in [4.78, 5) is 2.47. The Morgan fingerprint density at radius 3 is 2.74 bits per heavy atom. The molecule has 4 radical (unpaired) electrons. The molecular formula is C21H24B2N2O2. The monoisotopic (exact) mass is 358 g/mol. The molecule has 0 saturated carbocycles. The third-order valence-electron chi connectivity index (χ3n) is 5.21. The van der Waals surface area contributed by atoms with Crippen molar-refractivity contribution in [1.82, 2.24) is 10.2 Å². The lowest BCUT2D eigenvalue weighted by Crippen LogP contribution is -2.45. The molecular weight excluding hydrogens is 334 g/mol. The lowest BCUT2D eigenvalue weighted by atomic mass is 9.76. The first kappa shape index (κ1) is 18.5. The summed E-state index contributed by atoms with van der Waals surface area (Å²) in [5.41, 5.74) is 2.41. The molecule has 1 unspecified atom stereocenters. The number of hydrogen-bond acceptors (Lipinski definition) is 4. The highest BCUT2D eigenvalue weighted by Gasteiger charge is 2.30. The summed E-state index contributed by atoms with van der Waals surface area (Å²) in [5.74, 6) is 1.71. The van der Waals surface area contributed by atoms with Crippen LogP contribution in [0.25, 0.3) is 0 Å². The van der Waals surface area contributed by atoms with E-state index in [4.69, 9.17) is 25.2 Å². The van der Waals surface area contributed by atoms with Gasteiger partial charge in [-0.2, -0.15) is 0 Å². The summed E-state index contributed by atoms with van der Waals surface area (Å²) in [6.07, 6.45) is 0. The fourth-order valence-corrected chi connectivity index (χ4v) is 3.95. The van der Waals surface area contributed by atoms with Crippen molar-refractivity contribution < 1.29 is 9.47 Å². The van der Waals surface area contributed by atoms with E-state index in [1.165, 1.54) is 11.1 Å². The zero-order chi connectivity index (χ0) is 19.0. The highest BCUT2D eigenvalue weighted by atomic mass is 16.7. The molecule has 27 heavy (non-hydrogen) atoms. The molecule has 2 aliphatic heterocycles. The Bertz CT molecular complexity index is 826. The van der Waals surface area contributed by atoms with Crippen LogP contribution in [0.1, 0.15) is 42.5 Å². The first-order valence-corrected chi connectivity index (χ1v) is 9.54. The van der Waals surface area contributed by atoms with Crippen molar-refractivity contribution in [2.75, 3.05) is 19.6 Å². The second kappa shape index (κ2) is 7.25. The first-order valence-electron chi connectivity index (χ1n) is 9.54. The highest BCUT2D eigenvalue weighted by molar-refractivity contribution is 6.38. The van der Waals surface area contributed by atoms with E-state index < -0.39 is 5.59 Å². The second-order valence-electron chi connectivity index (χ2n) is 7.73. The van der Waals surface area contributed by atoms with E-state index in [0.717, 1.165) is 31.7 Å². The molecule has 4 nitrogen and oxygen atoms in total. The molecule has 0 amide bonds. The number of nitrogens with zero attached hydrogens (tertiary/aromatic N) is 1. The molecule has 1 N–H and O–H groups in total. The quantitative estimate of drug-likeness (QED) is 0.853. The van der Waals surface area contributed by atoms with E-state index in [-0.39, 0.29) is 0 Å². The predicted molar refractivity (Wildman–Crippen MR) is 108 cm³/mol. The fourth-order valence-electron chi connectivity index (χ4n) is 3.95. The summed E-state index contributed by atoms with van der Waals surface area (Å²) in [6, 6.07) is 15.0. The van der Waals surface area contributed by atoms with Crippen LogP contribution < -0.4 is 14.8 Å². The van der Waals surface area contributed by atoms with Crippen molar-refractivity contribution in [3.05, 3.63) is 59.2 Å². The third-order valence-corrected chi connectivity index (χ3v) is 5.21. The first-order chi connectivity index (χ1) is 12.9. The molecule has 1 fully saturated rings. The standard InChI is InChI=1S/C21H24B2N2O2/c1-14(2)16-5-3-4-6-17(16)18-13-25(10-9-24-18)12-15-7-8-19-20(11-15)27-21(22,23)26-19/h3-8,11,14,18,24H,9-10,12-13H2,1-2H3. The molecule has 0 aromatic heterocycles. The van der Waals surface area contributed by atoms with Gasteiger partial charge in [0.05, 0.1) is 0 Å². The second-order valence-corrected chi connectivity index (χ2v) is 7.73. The Morgan fingerprint density at radius 1 is 1.15 bits per heavy atom. The molecule has 0 bridgehead atoms. The van der Waals surface area contributed by atoms with Crippen molar-refractivity contribution in [2.45, 2.75) is 37.9 Å². The van der Waals surface area contributed by atoms with Gasteiger partial charge in [0.15, 0.2) is 32.8 Å². The summed E-state index contributed by atoms with van der Waals surface area (Å²) in [7, 11) is 11.4. The molecule has 0 spiro atoms. The normalized spacial score (nSPS) is 21.5. The van der Waals surface area contributed by atoms with Crippen LogP contribution in [-0.4, -0.2) is 45.8 Å². The predicted octanol–water partition coefficient (Wildman–Crippen LogP) is 2.68. The molecule has 2 aromatic carbocycles. The van der Waals surface area contributed by atoms with Gasteiger partial charge in [-0.15, -0.1) is 0 Å². The van der Waals surface area contributed by atoms with Crippen LogP contribution >= 0.6 is 0 Å². The minimum Gasteiger partial charge on any atom is -0.468 e. The number of ether oxygens (including phenoxy) is 2. The van der Waals surface area contributed by atoms with Gasteiger partial charge in [0.2, 0.25) is 0 Å². The van der Waals surface area contributed by atoms with Gasteiger partial charge in [0, 0.05) is 32.2 Å². The van der Waals surface area contributed by atoms with Crippen molar-refractivity contribution in [3.63, 3.8) is 0 Å². The number of piperazine rings is 1. The summed E-state index contributed by atoms with van der Waals surface area (Å²) < 4.78 is 10.8. The Labute approximate surface area is 164 Å². The summed E-state index contributed by atoms with van der Waals surface area (Å²) in [6.45, 7) is 8.29. The van der Waals surface area contributed by atoms with E-state index >= 15 is 0 Å². The molecule has 4 rings (SSSR count). The van der Waals surface area contributed by atoms with E-state index in [0.29, 0.717) is 23.5 Å². The van der Waals surface area contributed by atoms with Crippen LogP contribution in [-0.2, 0) is 6.54 Å². The molecule has 1 atom stereocenters. The van der Waals surface area contributed by atoms with Crippen molar-refractivity contribution in [3.8, 4) is 11.5 Å². The number of benzene rings is 2. The third kappa shape index (κ3) is 4.02. The van der Waals surface area contributed by atoms with Crippen LogP contribution in [0.3, 0.4) is 0 Å². The SMILES string of the molecule is [B]C1([B])Oc2ccc(CN3CCNC(c4ccccc4C(C)C)C3)cc2O1. The number of fused-ring (bicyclic) bond motifs is 1. The van der Waals surface area contributed by atoms with E-state index in [1.54, 1.807) is 0 Å². The molecule has 0 aliphatic carbocycles. The van der Waals surface area contributed by atoms with Crippen molar-refractivity contribution in [2.24, 2.45) is 0 Å². The van der Waals surface area contributed by atoms with Crippen LogP contribution in [0, 0.1) is 0 Å². The molecule has 6 heteroatoms. The average molecular weight is 358 g/mol. The van der Waals surface area contributed by atoms with Gasteiger partial charge in [0.1, 0.15) is 0 Å². The van der Waals surface area contributed by atoms with E-state index in [1.807, 2.05) is 18.2 Å². The Morgan fingerprint density at radius 2 is 1.93 bits per heavy atom. The minimum absolute atomic E-state index is 0.340. The van der Waals surface area contributed by atoms with Crippen LogP contribution in [0.15, 0.2) is 42.5 Å². The number of hydrogen-bond donors (Lipinski definition) is 1. The van der Waals surface area contributed by atoms with Gasteiger partial charge >= 0.3 is 0 Å². The Hall–Kier alpha value is -1.91. The number of nitrogens with one attached hydrogen (secondary N) is 1. The zero-order valence-electron chi connectivity index (χ0n) is 15.9. The van der Waals surface area contributed by atoms with Crippen molar-refractivity contribution >= 4 is 15.7 Å². The topological polar surface area (TPSA) is 33.7 Å². The maximum Gasteiger partial charge on any atom is 0.175 e. The molecule has 2 aromatic rings. The lowest BCUT2D eigenvalue weighted by molar-refractivity contribution is 0.0833. The van der Waals surface area contributed by atoms with Crippen molar-refractivity contribution in [1.29, 1.82) is 0 Å². The van der Waals surface area contributed by atoms with E-state index in [2.05, 4.69) is 48.3 Å². The van der Waals surface area contributed by atoms with Crippen LogP contribution in [0.2, 0.25) is 0 Å². The van der Waals surface area contributed by atoms with Gasteiger partial charge in [0.25, 0.3) is 0 Å². The smallest absolute Gasteiger partial charge is 0.175 e. The maximum absolute atomic E-state index is 5.70. The zero-order valence-corrected chi connectivity index (χ0v) is 15.9. The molecule has 136 valence electrons. The minimum atomic E-state index is -1.57. The summed E-state index contributed by atoms with van der Waals surface area (Å²) >= 11 is 0. The van der Waals surface area contributed by atoms with Gasteiger partial charge in [-0.25, -0.2) is 0 Å². The Kier molecular flexibility index (Phi) is 4.95. The van der Waals surface area contributed by atoms with Gasteiger partial charge in [-0.3, -0.25) is 4.90 Å². The van der Waals surface area contributed by atoms with Crippen LogP contribution in [0.5, 0.6) is 11.5 Å². The fraction of sp³-hybridized carbons (Fsp3) is 0.429. The van der Waals surface area contributed by atoms with Crippen LogP contribution in [0.4, 0.5) is 0 Å². The van der Waals surface area contributed by atoms with Gasteiger partial charge in [-0.05, 0) is 34.7 Å². The Balaban J connectivity index is 1.47. The average Bonchev–Trinajstić information content (AvgIpc) is 2.95. The summed E-state index contributed by atoms with van der Waals surface area (Å²) in [5, 5.41) is 3.68. The van der Waals surface area contributed by atoms with Gasteiger partial charge < -0.3 is 14.8 Å². The van der Waals surface area contributed by atoms with E-state index in [9.17, 15) is 0 Å². The lowest BCUT2D eigenvalue weighted by Gasteiger charge is -2.35. The molecule has 1 saturated heterocycles. The molecule has 2 aliphatic rings. The molecule has 2 heterocycles.